The van der Waals surface area contributed by atoms with Gasteiger partial charge in [0.1, 0.15) is 6.33 Å². The standard InChI is InChI=1S/C7H12N4O2/c1-11-5-9-6(10-11)3-8-4-7(12)13-2/h5,8H,3-4H2,1-2H3. The van der Waals surface area contributed by atoms with E-state index >= 15 is 0 Å². The molecule has 1 aromatic rings. The third kappa shape index (κ3) is 3.20. The molecule has 0 fully saturated rings. The second-order valence-electron chi connectivity index (χ2n) is 2.51. The number of ether oxygens (including phenoxy) is 1. The van der Waals surface area contributed by atoms with Gasteiger partial charge in [0.15, 0.2) is 5.82 Å². The highest BCUT2D eigenvalue weighted by atomic mass is 16.5. The Morgan fingerprint density at radius 1 is 1.77 bits per heavy atom. The fraction of sp³-hybridized carbons (Fsp3) is 0.571. The Morgan fingerprint density at radius 3 is 3.08 bits per heavy atom. The lowest BCUT2D eigenvalue weighted by Crippen LogP contribution is -2.23. The molecule has 6 nitrogen and oxygen atoms in total. The average Bonchev–Trinajstić information content (AvgIpc) is 2.51. The van der Waals surface area contributed by atoms with E-state index in [0.717, 1.165) is 0 Å². The summed E-state index contributed by atoms with van der Waals surface area (Å²) in [5, 5.41) is 6.88. The number of aryl methyl sites for hydroxylation is 1. The van der Waals surface area contributed by atoms with Gasteiger partial charge >= 0.3 is 5.97 Å². The number of rotatable bonds is 4. The molecule has 6 heteroatoms. The Kier molecular flexibility index (Phi) is 3.39. The Hall–Kier alpha value is -1.43. The maximum absolute atomic E-state index is 10.7. The van der Waals surface area contributed by atoms with E-state index < -0.39 is 0 Å². The van der Waals surface area contributed by atoms with Crippen molar-refractivity contribution in [2.24, 2.45) is 7.05 Å². The van der Waals surface area contributed by atoms with Gasteiger partial charge in [-0.05, 0) is 0 Å². The van der Waals surface area contributed by atoms with Crippen LogP contribution in [0.15, 0.2) is 6.33 Å². The van der Waals surface area contributed by atoms with E-state index in [1.807, 2.05) is 0 Å². The summed E-state index contributed by atoms with van der Waals surface area (Å²) in [4.78, 5) is 14.7. The van der Waals surface area contributed by atoms with E-state index in [1.54, 1.807) is 18.1 Å². The van der Waals surface area contributed by atoms with Gasteiger partial charge in [-0.3, -0.25) is 14.8 Å². The van der Waals surface area contributed by atoms with Crippen molar-refractivity contribution in [2.75, 3.05) is 13.7 Å². The van der Waals surface area contributed by atoms with Gasteiger partial charge < -0.3 is 4.74 Å². The van der Waals surface area contributed by atoms with Crippen molar-refractivity contribution >= 4 is 5.97 Å². The quantitative estimate of drug-likeness (QED) is 0.613. The topological polar surface area (TPSA) is 69.0 Å². The van der Waals surface area contributed by atoms with E-state index in [0.29, 0.717) is 12.4 Å². The summed E-state index contributed by atoms with van der Waals surface area (Å²) >= 11 is 0. The second kappa shape index (κ2) is 4.56. The van der Waals surface area contributed by atoms with Crippen molar-refractivity contribution < 1.29 is 9.53 Å². The summed E-state index contributed by atoms with van der Waals surface area (Å²) in [6.07, 6.45) is 1.61. The summed E-state index contributed by atoms with van der Waals surface area (Å²) in [7, 11) is 3.14. The highest BCUT2D eigenvalue weighted by Gasteiger charge is 2.01. The number of esters is 1. The monoisotopic (exact) mass is 184 g/mol. The lowest BCUT2D eigenvalue weighted by molar-refractivity contribution is -0.139. The molecule has 0 saturated carbocycles. The van der Waals surface area contributed by atoms with Crippen molar-refractivity contribution in [2.45, 2.75) is 6.54 Å². The van der Waals surface area contributed by atoms with Crippen LogP contribution in [-0.2, 0) is 23.1 Å². The Morgan fingerprint density at radius 2 is 2.54 bits per heavy atom. The number of nitrogens with one attached hydrogen (secondary N) is 1. The van der Waals surface area contributed by atoms with Crippen molar-refractivity contribution in [3.05, 3.63) is 12.2 Å². The molecule has 0 aliphatic heterocycles. The van der Waals surface area contributed by atoms with Crippen LogP contribution in [0.1, 0.15) is 5.82 Å². The van der Waals surface area contributed by atoms with E-state index in [2.05, 4.69) is 20.1 Å². The van der Waals surface area contributed by atoms with Crippen LogP contribution in [0.2, 0.25) is 0 Å². The molecule has 0 aliphatic carbocycles. The first-order chi connectivity index (χ1) is 6.22. The zero-order valence-electron chi connectivity index (χ0n) is 7.65. The van der Waals surface area contributed by atoms with Gasteiger partial charge in [0.2, 0.25) is 0 Å². The molecule has 1 rings (SSSR count). The number of hydrogen-bond donors (Lipinski definition) is 1. The average molecular weight is 184 g/mol. The Bertz CT molecular complexity index is 284. The molecule has 0 bridgehead atoms. The molecule has 72 valence electrons. The molecule has 0 radical (unpaired) electrons. The number of hydrogen-bond acceptors (Lipinski definition) is 5. The van der Waals surface area contributed by atoms with Crippen LogP contribution >= 0.6 is 0 Å². The lowest BCUT2D eigenvalue weighted by Gasteiger charge is -1.99. The van der Waals surface area contributed by atoms with Gasteiger partial charge in [0.25, 0.3) is 0 Å². The minimum absolute atomic E-state index is 0.175. The summed E-state index contributed by atoms with van der Waals surface area (Å²) in [5.74, 6) is 0.363. The van der Waals surface area contributed by atoms with E-state index in [-0.39, 0.29) is 12.5 Å². The maximum Gasteiger partial charge on any atom is 0.319 e. The first kappa shape index (κ1) is 9.66. The van der Waals surface area contributed by atoms with Crippen LogP contribution in [0.5, 0.6) is 0 Å². The number of carbonyl (C=O) groups is 1. The molecule has 1 heterocycles. The molecule has 0 saturated heterocycles. The molecule has 0 aromatic carbocycles. The highest BCUT2D eigenvalue weighted by Crippen LogP contribution is 1.85. The molecule has 1 aromatic heterocycles. The highest BCUT2D eigenvalue weighted by molar-refractivity contribution is 5.71. The minimum atomic E-state index is -0.295. The summed E-state index contributed by atoms with van der Waals surface area (Å²) in [5.41, 5.74) is 0. The zero-order chi connectivity index (χ0) is 9.68. The van der Waals surface area contributed by atoms with Crippen molar-refractivity contribution in [3.63, 3.8) is 0 Å². The molecular weight excluding hydrogens is 172 g/mol. The van der Waals surface area contributed by atoms with Gasteiger partial charge in [-0.1, -0.05) is 0 Å². The Balaban J connectivity index is 2.24. The lowest BCUT2D eigenvalue weighted by atomic mass is 10.5. The molecule has 0 amide bonds. The largest absolute Gasteiger partial charge is 0.468 e. The predicted molar refractivity (Wildman–Crippen MR) is 44.7 cm³/mol. The van der Waals surface area contributed by atoms with Crippen LogP contribution in [0.4, 0.5) is 0 Å². The second-order valence-corrected chi connectivity index (χ2v) is 2.51. The van der Waals surface area contributed by atoms with Crippen LogP contribution in [0.3, 0.4) is 0 Å². The minimum Gasteiger partial charge on any atom is -0.468 e. The number of carbonyl (C=O) groups excluding carboxylic acids is 1. The summed E-state index contributed by atoms with van der Waals surface area (Å²) < 4.78 is 6.05. The number of aromatic nitrogens is 3. The van der Waals surface area contributed by atoms with Gasteiger partial charge in [0, 0.05) is 7.05 Å². The first-order valence-electron chi connectivity index (χ1n) is 3.84. The fourth-order valence-electron chi connectivity index (χ4n) is 0.813. The van der Waals surface area contributed by atoms with Crippen LogP contribution < -0.4 is 5.32 Å². The smallest absolute Gasteiger partial charge is 0.319 e. The van der Waals surface area contributed by atoms with Gasteiger partial charge in [-0.2, -0.15) is 5.10 Å². The predicted octanol–water partition coefficient (Wildman–Crippen LogP) is -0.922. The van der Waals surface area contributed by atoms with Crippen LogP contribution in [-0.4, -0.2) is 34.4 Å². The molecule has 0 aliphatic rings. The van der Waals surface area contributed by atoms with E-state index in [9.17, 15) is 4.79 Å². The zero-order valence-corrected chi connectivity index (χ0v) is 7.65. The fourth-order valence-corrected chi connectivity index (χ4v) is 0.813. The van der Waals surface area contributed by atoms with E-state index in [1.165, 1.54) is 7.11 Å². The van der Waals surface area contributed by atoms with Crippen molar-refractivity contribution in [1.82, 2.24) is 20.1 Å². The SMILES string of the molecule is COC(=O)CNCc1ncn(C)n1. The summed E-state index contributed by atoms with van der Waals surface area (Å²) in [6.45, 7) is 0.644. The molecule has 1 N–H and O–H groups in total. The van der Waals surface area contributed by atoms with Gasteiger partial charge in [0.05, 0.1) is 20.2 Å². The molecule has 0 unspecified atom stereocenters. The first-order valence-corrected chi connectivity index (χ1v) is 3.84. The van der Waals surface area contributed by atoms with E-state index in [4.69, 9.17) is 0 Å². The Labute approximate surface area is 75.9 Å². The molecule has 0 atom stereocenters. The van der Waals surface area contributed by atoms with Crippen molar-refractivity contribution in [3.8, 4) is 0 Å². The normalized spacial score (nSPS) is 10.0. The van der Waals surface area contributed by atoms with Gasteiger partial charge in [-0.25, -0.2) is 4.98 Å². The van der Waals surface area contributed by atoms with Gasteiger partial charge in [-0.15, -0.1) is 0 Å². The van der Waals surface area contributed by atoms with Crippen LogP contribution in [0, 0.1) is 0 Å². The third-order valence-electron chi connectivity index (χ3n) is 1.43. The van der Waals surface area contributed by atoms with Crippen molar-refractivity contribution in [1.29, 1.82) is 0 Å². The molecule has 0 spiro atoms. The molecular formula is C7H12N4O2. The summed E-state index contributed by atoms with van der Waals surface area (Å²) in [6, 6.07) is 0. The number of nitrogens with zero attached hydrogens (tertiary/aromatic N) is 3. The van der Waals surface area contributed by atoms with Crippen LogP contribution in [0.25, 0.3) is 0 Å². The molecule has 13 heavy (non-hydrogen) atoms. The maximum atomic E-state index is 10.7. The third-order valence-corrected chi connectivity index (χ3v) is 1.43. The number of methoxy groups -OCH3 is 1.